The zero-order valence-corrected chi connectivity index (χ0v) is 9.89. The van der Waals surface area contributed by atoms with E-state index in [9.17, 15) is 0 Å². The molecule has 16 heavy (non-hydrogen) atoms. The van der Waals surface area contributed by atoms with Crippen LogP contribution < -0.4 is 4.74 Å². The van der Waals surface area contributed by atoms with Crippen molar-refractivity contribution in [2.24, 2.45) is 5.92 Å². The molecule has 0 spiro atoms. The third-order valence-corrected chi connectivity index (χ3v) is 2.29. The van der Waals surface area contributed by atoms with Crippen molar-refractivity contribution in [2.75, 3.05) is 26.7 Å². The number of hydrogen-bond donors (Lipinski definition) is 0. The average molecular weight is 218 g/mol. The molecule has 0 saturated heterocycles. The molecule has 0 aliphatic heterocycles. The van der Waals surface area contributed by atoms with Gasteiger partial charge in [0.2, 0.25) is 0 Å². The van der Waals surface area contributed by atoms with Crippen LogP contribution in [0.3, 0.4) is 0 Å². The lowest BCUT2D eigenvalue weighted by Gasteiger charge is -2.17. The third-order valence-electron chi connectivity index (χ3n) is 2.29. The summed E-state index contributed by atoms with van der Waals surface area (Å²) in [5, 5.41) is 8.68. The second kappa shape index (κ2) is 6.86. The number of para-hydroxylation sites is 1. The molecule has 1 rings (SSSR count). The molecule has 0 unspecified atom stereocenters. The van der Waals surface area contributed by atoms with Gasteiger partial charge in [0.05, 0.1) is 12.0 Å². The van der Waals surface area contributed by atoms with Crippen LogP contribution in [0, 0.1) is 17.2 Å². The Bertz CT molecular complexity index is 332. The van der Waals surface area contributed by atoms with Crippen LogP contribution in [0.1, 0.15) is 6.92 Å². The van der Waals surface area contributed by atoms with Crippen LogP contribution in [-0.4, -0.2) is 31.6 Å². The van der Waals surface area contributed by atoms with E-state index in [1.54, 1.807) is 0 Å². The first kappa shape index (κ1) is 12.5. The number of ether oxygens (including phenoxy) is 1. The van der Waals surface area contributed by atoms with Crippen LogP contribution in [0.15, 0.2) is 30.3 Å². The molecule has 3 nitrogen and oxygen atoms in total. The molecule has 0 N–H and O–H groups in total. The fourth-order valence-electron chi connectivity index (χ4n) is 1.44. The van der Waals surface area contributed by atoms with Crippen molar-refractivity contribution in [3.63, 3.8) is 0 Å². The maximum absolute atomic E-state index is 8.68. The van der Waals surface area contributed by atoms with Gasteiger partial charge in [-0.05, 0) is 26.1 Å². The van der Waals surface area contributed by atoms with Gasteiger partial charge >= 0.3 is 0 Å². The molecule has 0 amide bonds. The first-order chi connectivity index (χ1) is 7.72. The smallest absolute Gasteiger partial charge is 0.119 e. The second-order valence-electron chi connectivity index (χ2n) is 3.95. The Balaban J connectivity index is 2.19. The summed E-state index contributed by atoms with van der Waals surface area (Å²) in [4.78, 5) is 2.11. The number of hydrogen-bond acceptors (Lipinski definition) is 3. The van der Waals surface area contributed by atoms with Gasteiger partial charge in [0.15, 0.2) is 0 Å². The van der Waals surface area contributed by atoms with Gasteiger partial charge in [-0.1, -0.05) is 18.2 Å². The van der Waals surface area contributed by atoms with Crippen molar-refractivity contribution in [3.8, 4) is 11.8 Å². The summed E-state index contributed by atoms with van der Waals surface area (Å²) >= 11 is 0. The summed E-state index contributed by atoms with van der Waals surface area (Å²) in [5.41, 5.74) is 0. The number of benzene rings is 1. The minimum Gasteiger partial charge on any atom is -0.492 e. The van der Waals surface area contributed by atoms with E-state index in [-0.39, 0.29) is 5.92 Å². The molecule has 0 saturated carbocycles. The summed E-state index contributed by atoms with van der Waals surface area (Å²) in [6, 6.07) is 12.0. The Labute approximate surface area is 97.3 Å². The van der Waals surface area contributed by atoms with E-state index in [1.165, 1.54) is 0 Å². The maximum Gasteiger partial charge on any atom is 0.119 e. The first-order valence-corrected chi connectivity index (χ1v) is 5.48. The molecule has 3 heteroatoms. The van der Waals surface area contributed by atoms with Crippen LogP contribution in [-0.2, 0) is 0 Å². The monoisotopic (exact) mass is 218 g/mol. The summed E-state index contributed by atoms with van der Waals surface area (Å²) in [5.74, 6) is 0.964. The van der Waals surface area contributed by atoms with Crippen LogP contribution in [0.2, 0.25) is 0 Å². The zero-order valence-electron chi connectivity index (χ0n) is 9.89. The Morgan fingerprint density at radius 2 is 2.06 bits per heavy atom. The molecule has 1 atom stereocenters. The fraction of sp³-hybridized carbons (Fsp3) is 0.462. The van der Waals surface area contributed by atoms with Crippen molar-refractivity contribution in [2.45, 2.75) is 6.92 Å². The Morgan fingerprint density at radius 1 is 1.38 bits per heavy atom. The minimum absolute atomic E-state index is 0.0710. The van der Waals surface area contributed by atoms with Gasteiger partial charge in [-0.2, -0.15) is 5.26 Å². The average Bonchev–Trinajstić information content (AvgIpc) is 2.30. The minimum atomic E-state index is 0.0710. The van der Waals surface area contributed by atoms with Crippen molar-refractivity contribution >= 4 is 0 Å². The number of nitrogens with zero attached hydrogens (tertiary/aromatic N) is 2. The second-order valence-corrected chi connectivity index (χ2v) is 3.95. The molecule has 0 bridgehead atoms. The largest absolute Gasteiger partial charge is 0.492 e. The molecule has 1 aromatic carbocycles. The van der Waals surface area contributed by atoms with Crippen molar-refractivity contribution < 1.29 is 4.74 Å². The lowest BCUT2D eigenvalue weighted by Crippen LogP contribution is -2.28. The third kappa shape index (κ3) is 4.81. The highest BCUT2D eigenvalue weighted by Crippen LogP contribution is 2.07. The van der Waals surface area contributed by atoms with Gasteiger partial charge < -0.3 is 9.64 Å². The van der Waals surface area contributed by atoms with E-state index in [0.29, 0.717) is 6.61 Å². The standard InChI is InChI=1S/C13H18N2O/c1-12(10-14)11-15(2)8-9-16-13-6-4-3-5-7-13/h3-7,12H,8-9,11H2,1-2H3/t12-/m1/s1. The predicted octanol–water partition coefficient (Wildman–Crippen LogP) is 2.16. The Kier molecular flexibility index (Phi) is 5.38. The molecular formula is C13H18N2O. The Morgan fingerprint density at radius 3 is 2.69 bits per heavy atom. The van der Waals surface area contributed by atoms with Crippen molar-refractivity contribution in [1.29, 1.82) is 5.26 Å². The molecule has 1 aromatic rings. The fourth-order valence-corrected chi connectivity index (χ4v) is 1.44. The highest BCUT2D eigenvalue weighted by molar-refractivity contribution is 5.20. The van der Waals surface area contributed by atoms with Gasteiger partial charge in [0, 0.05) is 13.1 Å². The van der Waals surface area contributed by atoms with Crippen molar-refractivity contribution in [1.82, 2.24) is 4.90 Å². The Hall–Kier alpha value is -1.53. The summed E-state index contributed by atoms with van der Waals surface area (Å²) in [6.07, 6.45) is 0. The summed E-state index contributed by atoms with van der Waals surface area (Å²) < 4.78 is 5.57. The van der Waals surface area contributed by atoms with Crippen molar-refractivity contribution in [3.05, 3.63) is 30.3 Å². The number of likely N-dealkylation sites (N-methyl/N-ethyl adjacent to an activating group) is 1. The van der Waals surface area contributed by atoms with E-state index < -0.39 is 0 Å². The summed E-state index contributed by atoms with van der Waals surface area (Å²) in [7, 11) is 2.00. The van der Waals surface area contributed by atoms with E-state index in [4.69, 9.17) is 10.00 Å². The van der Waals surface area contributed by atoms with Gasteiger partial charge in [-0.15, -0.1) is 0 Å². The SMILES string of the molecule is C[C@H](C#N)CN(C)CCOc1ccccc1. The molecular weight excluding hydrogens is 200 g/mol. The topological polar surface area (TPSA) is 36.3 Å². The molecule has 0 aliphatic carbocycles. The number of nitriles is 1. The van der Waals surface area contributed by atoms with E-state index >= 15 is 0 Å². The normalized spacial score (nSPS) is 12.1. The van der Waals surface area contributed by atoms with Crippen LogP contribution >= 0.6 is 0 Å². The molecule has 0 heterocycles. The van der Waals surface area contributed by atoms with Gasteiger partial charge in [-0.25, -0.2) is 0 Å². The van der Waals surface area contributed by atoms with Gasteiger partial charge in [-0.3, -0.25) is 0 Å². The van der Waals surface area contributed by atoms with Crippen LogP contribution in [0.25, 0.3) is 0 Å². The number of rotatable bonds is 6. The molecule has 0 aromatic heterocycles. The van der Waals surface area contributed by atoms with Crippen LogP contribution in [0.5, 0.6) is 5.75 Å². The maximum atomic E-state index is 8.68. The molecule has 86 valence electrons. The predicted molar refractivity (Wildman–Crippen MR) is 64.2 cm³/mol. The molecule has 0 radical (unpaired) electrons. The summed E-state index contributed by atoms with van der Waals surface area (Å²) in [6.45, 7) is 4.20. The zero-order chi connectivity index (χ0) is 11.8. The van der Waals surface area contributed by atoms with Gasteiger partial charge in [0.25, 0.3) is 0 Å². The highest BCUT2D eigenvalue weighted by atomic mass is 16.5. The lowest BCUT2D eigenvalue weighted by atomic mass is 10.2. The quantitative estimate of drug-likeness (QED) is 0.734. The van der Waals surface area contributed by atoms with E-state index in [2.05, 4.69) is 11.0 Å². The van der Waals surface area contributed by atoms with E-state index in [1.807, 2.05) is 44.3 Å². The highest BCUT2D eigenvalue weighted by Gasteiger charge is 2.04. The first-order valence-electron chi connectivity index (χ1n) is 5.48. The van der Waals surface area contributed by atoms with E-state index in [0.717, 1.165) is 18.8 Å². The van der Waals surface area contributed by atoms with Gasteiger partial charge in [0.1, 0.15) is 12.4 Å². The lowest BCUT2D eigenvalue weighted by molar-refractivity contribution is 0.228. The van der Waals surface area contributed by atoms with Crippen LogP contribution in [0.4, 0.5) is 0 Å². The molecule has 0 fully saturated rings. The molecule has 0 aliphatic rings.